The van der Waals surface area contributed by atoms with E-state index in [1.54, 1.807) is 0 Å². The normalized spacial score (nSPS) is 17.3. The number of nitrogens with one attached hydrogen (secondary N) is 3. The van der Waals surface area contributed by atoms with E-state index in [4.69, 9.17) is 0 Å². The molecule has 0 bridgehead atoms. The van der Waals surface area contributed by atoms with Crippen LogP contribution >= 0.6 is 0 Å². The minimum absolute atomic E-state index is 0.00370. The van der Waals surface area contributed by atoms with Gasteiger partial charge in [-0.05, 0) is 37.5 Å². The lowest BCUT2D eigenvalue weighted by atomic mass is 9.95. The van der Waals surface area contributed by atoms with Crippen LogP contribution in [0, 0.1) is 5.92 Å². The van der Waals surface area contributed by atoms with E-state index in [1.165, 1.54) is 7.11 Å². The minimum atomic E-state index is -0.307. The van der Waals surface area contributed by atoms with Gasteiger partial charge >= 0.3 is 5.97 Å². The lowest BCUT2D eigenvalue weighted by molar-refractivity contribution is -0.140. The number of benzene rings is 1. The largest absolute Gasteiger partial charge is 0.469 e. The highest BCUT2D eigenvalue weighted by molar-refractivity contribution is 5.94. The Hall–Kier alpha value is -2.77. The van der Waals surface area contributed by atoms with Crippen LogP contribution < -0.4 is 20.9 Å². The predicted octanol–water partition coefficient (Wildman–Crippen LogP) is 1.34. The predicted molar refractivity (Wildman–Crippen MR) is 110 cm³/mol. The number of amides is 1. The Morgan fingerprint density at radius 3 is 2.86 bits per heavy atom. The molecule has 8 nitrogen and oxygen atoms in total. The van der Waals surface area contributed by atoms with Crippen LogP contribution in [0.15, 0.2) is 29.3 Å². The second-order valence-corrected chi connectivity index (χ2v) is 7.06. The number of ether oxygens (including phenoxy) is 1. The molecule has 0 aliphatic carbocycles. The average molecular weight is 387 g/mol. The quantitative estimate of drug-likeness (QED) is 0.638. The van der Waals surface area contributed by atoms with E-state index in [2.05, 4.69) is 42.7 Å². The molecule has 8 heteroatoms. The molecule has 28 heavy (non-hydrogen) atoms. The van der Waals surface area contributed by atoms with Crippen molar-refractivity contribution >= 4 is 29.2 Å². The maximum Gasteiger partial charge on any atom is 0.307 e. The Balaban J connectivity index is 1.48. The van der Waals surface area contributed by atoms with E-state index < -0.39 is 0 Å². The first kappa shape index (κ1) is 20.0. The number of aliphatic imine (C=N–C) groups is 1. The van der Waals surface area contributed by atoms with Crippen LogP contribution in [0.1, 0.15) is 25.7 Å². The molecule has 152 valence electrons. The fourth-order valence-electron chi connectivity index (χ4n) is 3.47. The van der Waals surface area contributed by atoms with Crippen molar-refractivity contribution in [2.24, 2.45) is 10.9 Å². The van der Waals surface area contributed by atoms with Crippen molar-refractivity contribution in [1.82, 2.24) is 10.6 Å². The molecule has 1 amide bonds. The molecule has 1 saturated heterocycles. The monoisotopic (exact) mass is 387 g/mol. The zero-order valence-corrected chi connectivity index (χ0v) is 16.4. The van der Waals surface area contributed by atoms with E-state index in [9.17, 15) is 9.59 Å². The maximum absolute atomic E-state index is 12.3. The molecule has 0 saturated carbocycles. The number of hydrogen-bond acceptors (Lipinski definition) is 7. The molecule has 1 fully saturated rings. The second-order valence-electron chi connectivity index (χ2n) is 7.06. The van der Waals surface area contributed by atoms with Gasteiger partial charge in [0.2, 0.25) is 5.91 Å². The Morgan fingerprint density at radius 2 is 2.14 bits per heavy atom. The molecule has 1 aromatic rings. The molecule has 0 atom stereocenters. The molecule has 2 aliphatic heterocycles. The Bertz CT molecular complexity index is 714. The summed E-state index contributed by atoms with van der Waals surface area (Å²) in [6, 6.07) is 8.28. The van der Waals surface area contributed by atoms with Crippen molar-refractivity contribution < 1.29 is 14.3 Å². The summed E-state index contributed by atoms with van der Waals surface area (Å²) in [4.78, 5) is 30.2. The number of methoxy groups -OCH3 is 1. The molecule has 2 heterocycles. The molecule has 0 spiro atoms. The van der Waals surface area contributed by atoms with E-state index in [0.29, 0.717) is 6.54 Å². The number of hydrogen-bond donors (Lipinski definition) is 3. The van der Waals surface area contributed by atoms with Crippen molar-refractivity contribution in [3.63, 3.8) is 0 Å². The van der Waals surface area contributed by atoms with Gasteiger partial charge in [-0.15, -0.1) is 0 Å². The van der Waals surface area contributed by atoms with Crippen LogP contribution in [-0.2, 0) is 14.3 Å². The Labute approximate surface area is 165 Å². The highest BCUT2D eigenvalue weighted by Gasteiger charge is 2.25. The lowest BCUT2D eigenvalue weighted by Crippen LogP contribution is -2.41. The van der Waals surface area contributed by atoms with E-state index in [1.807, 2.05) is 12.1 Å². The number of carbonyl (C=O) groups is 2. The number of carbonyl (C=O) groups excluding carboxylic acids is 2. The summed E-state index contributed by atoms with van der Waals surface area (Å²) in [5.74, 6) is 0.542. The van der Waals surface area contributed by atoms with Crippen LogP contribution in [0.25, 0.3) is 0 Å². The molecule has 2 aliphatic rings. The van der Waals surface area contributed by atoms with Crippen LogP contribution in [0.5, 0.6) is 0 Å². The van der Waals surface area contributed by atoms with Gasteiger partial charge in [-0.1, -0.05) is 6.07 Å². The van der Waals surface area contributed by atoms with Crippen LogP contribution in [0.4, 0.5) is 11.4 Å². The highest BCUT2D eigenvalue weighted by Crippen LogP contribution is 2.25. The van der Waals surface area contributed by atoms with Gasteiger partial charge in [0.25, 0.3) is 0 Å². The molecule has 1 aromatic carbocycles. The first-order chi connectivity index (χ1) is 13.7. The second kappa shape index (κ2) is 9.96. The van der Waals surface area contributed by atoms with E-state index in [-0.39, 0.29) is 24.2 Å². The maximum atomic E-state index is 12.3. The summed E-state index contributed by atoms with van der Waals surface area (Å²) in [6.45, 7) is 3.79. The highest BCUT2D eigenvalue weighted by atomic mass is 16.5. The first-order valence-corrected chi connectivity index (χ1v) is 9.90. The topological polar surface area (TPSA) is 95.1 Å². The summed E-state index contributed by atoms with van der Waals surface area (Å²) in [5, 5.41) is 9.44. The SMILES string of the molecule is COC(=O)CCNC(=O)C1CCN(c2cccc(NC3=NCCCN3)c2)CC1. The van der Waals surface area contributed by atoms with Gasteiger partial charge in [-0.3, -0.25) is 14.6 Å². The molecule has 0 unspecified atom stereocenters. The average Bonchev–Trinajstić information content (AvgIpc) is 2.74. The Kier molecular flexibility index (Phi) is 7.11. The van der Waals surface area contributed by atoms with Gasteiger partial charge in [-0.2, -0.15) is 0 Å². The number of rotatable bonds is 6. The van der Waals surface area contributed by atoms with Gasteiger partial charge in [0.15, 0.2) is 5.96 Å². The van der Waals surface area contributed by atoms with Crippen molar-refractivity contribution in [3.05, 3.63) is 24.3 Å². The van der Waals surface area contributed by atoms with E-state index >= 15 is 0 Å². The molecular weight excluding hydrogens is 358 g/mol. The van der Waals surface area contributed by atoms with Crippen molar-refractivity contribution in [1.29, 1.82) is 0 Å². The van der Waals surface area contributed by atoms with Crippen LogP contribution in [0.2, 0.25) is 0 Å². The standard InChI is InChI=1S/C20H29N5O3/c1-28-18(26)6-11-21-19(27)15-7-12-25(13-8-15)17-5-2-4-16(14-17)24-20-22-9-3-10-23-20/h2,4-5,14-15H,3,6-13H2,1H3,(H,21,27)(H2,22,23,24). The van der Waals surface area contributed by atoms with Gasteiger partial charge in [0.05, 0.1) is 13.5 Å². The summed E-state index contributed by atoms with van der Waals surface area (Å²) < 4.78 is 4.58. The third kappa shape index (κ3) is 5.61. The third-order valence-electron chi connectivity index (χ3n) is 5.09. The van der Waals surface area contributed by atoms with Crippen LogP contribution in [0.3, 0.4) is 0 Å². The van der Waals surface area contributed by atoms with Crippen molar-refractivity contribution in [2.45, 2.75) is 25.7 Å². The third-order valence-corrected chi connectivity index (χ3v) is 5.09. The fourth-order valence-corrected chi connectivity index (χ4v) is 3.47. The van der Waals surface area contributed by atoms with Gasteiger partial charge in [-0.25, -0.2) is 0 Å². The van der Waals surface area contributed by atoms with Gasteiger partial charge in [0, 0.05) is 50.0 Å². The molecular formula is C20H29N5O3. The summed E-state index contributed by atoms with van der Waals surface area (Å²) in [7, 11) is 1.35. The van der Waals surface area contributed by atoms with Crippen molar-refractivity contribution in [3.8, 4) is 0 Å². The smallest absolute Gasteiger partial charge is 0.307 e. The first-order valence-electron chi connectivity index (χ1n) is 9.90. The zero-order valence-electron chi connectivity index (χ0n) is 16.4. The lowest BCUT2D eigenvalue weighted by Gasteiger charge is -2.33. The van der Waals surface area contributed by atoms with Gasteiger partial charge in [0.1, 0.15) is 0 Å². The zero-order chi connectivity index (χ0) is 19.8. The minimum Gasteiger partial charge on any atom is -0.469 e. The summed E-state index contributed by atoms with van der Waals surface area (Å²) in [5.41, 5.74) is 2.15. The number of guanidine groups is 1. The summed E-state index contributed by atoms with van der Waals surface area (Å²) in [6.07, 6.45) is 2.88. The van der Waals surface area contributed by atoms with E-state index in [0.717, 1.165) is 62.8 Å². The number of piperidine rings is 1. The number of nitrogens with zero attached hydrogens (tertiary/aromatic N) is 2. The Morgan fingerprint density at radius 1 is 1.32 bits per heavy atom. The van der Waals surface area contributed by atoms with Crippen molar-refractivity contribution in [2.75, 3.05) is 50.1 Å². The molecule has 3 rings (SSSR count). The number of esters is 1. The molecule has 0 radical (unpaired) electrons. The fraction of sp³-hybridized carbons (Fsp3) is 0.550. The summed E-state index contributed by atoms with van der Waals surface area (Å²) >= 11 is 0. The molecule has 0 aromatic heterocycles. The van der Waals surface area contributed by atoms with Crippen LogP contribution in [-0.4, -0.2) is 57.7 Å². The van der Waals surface area contributed by atoms with Gasteiger partial charge < -0.3 is 25.6 Å². The number of anilines is 2. The molecule has 3 N–H and O–H groups in total.